The van der Waals surface area contributed by atoms with Gasteiger partial charge in [-0.05, 0) is 35.4 Å². The van der Waals surface area contributed by atoms with Crippen LogP contribution in [0.5, 0.6) is 0 Å². The zero-order valence-corrected chi connectivity index (χ0v) is 15.1. The highest BCUT2D eigenvalue weighted by Gasteiger charge is 2.31. The highest BCUT2D eigenvalue weighted by atomic mass is 16.5. The van der Waals surface area contributed by atoms with E-state index in [0.717, 1.165) is 16.7 Å². The molecule has 0 spiro atoms. The molecule has 1 aliphatic rings. The lowest BCUT2D eigenvalue weighted by molar-refractivity contribution is -0.148. The first kappa shape index (κ1) is 17.7. The van der Waals surface area contributed by atoms with E-state index in [1.165, 1.54) is 4.90 Å². The van der Waals surface area contributed by atoms with Crippen LogP contribution in [0, 0.1) is 0 Å². The van der Waals surface area contributed by atoms with Gasteiger partial charge in [-0.1, -0.05) is 36.4 Å². The van der Waals surface area contributed by atoms with Crippen molar-refractivity contribution in [3.8, 4) is 0 Å². The Morgan fingerprint density at radius 1 is 1.00 bits per heavy atom. The van der Waals surface area contributed by atoms with Gasteiger partial charge >= 0.3 is 12.0 Å². The van der Waals surface area contributed by atoms with Gasteiger partial charge in [0.25, 0.3) is 0 Å². The number of pyridine rings is 1. The van der Waals surface area contributed by atoms with Crippen LogP contribution < -0.4 is 10.6 Å². The summed E-state index contributed by atoms with van der Waals surface area (Å²) in [6, 6.07) is 17.9. The third kappa shape index (κ3) is 3.44. The summed E-state index contributed by atoms with van der Waals surface area (Å²) < 4.78 is 5.85. The predicted octanol–water partition coefficient (Wildman–Crippen LogP) is 3.68. The normalized spacial score (nSPS) is 15.1. The van der Waals surface area contributed by atoms with Gasteiger partial charge in [0.05, 0.1) is 17.8 Å². The van der Waals surface area contributed by atoms with E-state index in [0.29, 0.717) is 17.8 Å². The van der Waals surface area contributed by atoms with Crippen LogP contribution in [0.1, 0.15) is 22.8 Å². The molecule has 6 nitrogen and oxygen atoms in total. The molecular weight excluding hydrogens is 354 g/mol. The molecule has 1 aromatic heterocycles. The van der Waals surface area contributed by atoms with Gasteiger partial charge < -0.3 is 10.5 Å². The number of urea groups is 1. The molecule has 1 atom stereocenters. The zero-order valence-electron chi connectivity index (χ0n) is 15.1. The van der Waals surface area contributed by atoms with Crippen LogP contribution in [-0.4, -0.2) is 17.0 Å². The van der Waals surface area contributed by atoms with Crippen LogP contribution in [0.15, 0.2) is 73.1 Å². The molecular formula is C22H19N3O3. The molecule has 2 heterocycles. The Morgan fingerprint density at radius 2 is 1.68 bits per heavy atom. The molecule has 0 saturated heterocycles. The van der Waals surface area contributed by atoms with Crippen LogP contribution >= 0.6 is 0 Å². The number of benzene rings is 2. The minimum absolute atomic E-state index is 0.155. The lowest BCUT2D eigenvalue weighted by Crippen LogP contribution is -2.32. The van der Waals surface area contributed by atoms with Crippen molar-refractivity contribution in [2.24, 2.45) is 5.73 Å². The SMILES string of the molecule is NC(=O)N1c2ccccc2CC(OC(=O)Cc2ccncc2)c2ccccc21. The molecule has 2 N–H and O–H groups in total. The van der Waals surface area contributed by atoms with E-state index in [4.69, 9.17) is 10.5 Å². The van der Waals surface area contributed by atoms with Crippen molar-refractivity contribution in [1.82, 2.24) is 4.98 Å². The Bertz CT molecular complexity index is 1020. The van der Waals surface area contributed by atoms with Gasteiger partial charge in [-0.3, -0.25) is 14.7 Å². The number of amides is 2. The minimum Gasteiger partial charge on any atom is -0.457 e. The topological polar surface area (TPSA) is 85.5 Å². The largest absolute Gasteiger partial charge is 0.457 e. The number of nitrogens with two attached hydrogens (primary N) is 1. The molecule has 0 radical (unpaired) electrons. The number of carbonyl (C=O) groups excluding carboxylic acids is 2. The van der Waals surface area contributed by atoms with E-state index in [2.05, 4.69) is 4.98 Å². The first-order valence-electron chi connectivity index (χ1n) is 8.98. The van der Waals surface area contributed by atoms with Crippen molar-refractivity contribution in [2.75, 3.05) is 4.90 Å². The quantitative estimate of drug-likeness (QED) is 0.710. The van der Waals surface area contributed by atoms with E-state index in [1.54, 1.807) is 24.5 Å². The maximum Gasteiger partial charge on any atom is 0.323 e. The second-order valence-electron chi connectivity index (χ2n) is 6.58. The van der Waals surface area contributed by atoms with Crippen LogP contribution in [-0.2, 0) is 22.4 Å². The van der Waals surface area contributed by atoms with Crippen LogP contribution in [0.25, 0.3) is 0 Å². The van der Waals surface area contributed by atoms with E-state index in [-0.39, 0.29) is 12.4 Å². The number of anilines is 2. The van der Waals surface area contributed by atoms with Crippen molar-refractivity contribution in [3.05, 3.63) is 89.7 Å². The molecule has 28 heavy (non-hydrogen) atoms. The van der Waals surface area contributed by atoms with Gasteiger partial charge in [0.2, 0.25) is 0 Å². The number of hydrogen-bond acceptors (Lipinski definition) is 4. The predicted molar refractivity (Wildman–Crippen MR) is 105 cm³/mol. The summed E-state index contributed by atoms with van der Waals surface area (Å²) in [5, 5.41) is 0. The second kappa shape index (κ2) is 7.52. The number of para-hydroxylation sites is 2. The number of aromatic nitrogens is 1. The Balaban J connectivity index is 1.70. The molecule has 1 aliphatic heterocycles. The monoisotopic (exact) mass is 373 g/mol. The molecule has 0 fully saturated rings. The van der Waals surface area contributed by atoms with Crippen molar-refractivity contribution in [2.45, 2.75) is 18.9 Å². The van der Waals surface area contributed by atoms with Gasteiger partial charge in [0.15, 0.2) is 0 Å². The average molecular weight is 373 g/mol. The molecule has 0 aliphatic carbocycles. The molecule has 0 saturated carbocycles. The molecule has 2 aromatic carbocycles. The second-order valence-corrected chi connectivity index (χ2v) is 6.58. The van der Waals surface area contributed by atoms with Crippen molar-refractivity contribution in [1.29, 1.82) is 0 Å². The molecule has 4 rings (SSSR count). The first-order valence-corrected chi connectivity index (χ1v) is 8.98. The van der Waals surface area contributed by atoms with E-state index >= 15 is 0 Å². The van der Waals surface area contributed by atoms with Gasteiger partial charge in [-0.15, -0.1) is 0 Å². The lowest BCUT2D eigenvalue weighted by Gasteiger charge is -2.23. The average Bonchev–Trinajstić information content (AvgIpc) is 2.83. The van der Waals surface area contributed by atoms with Crippen molar-refractivity contribution in [3.63, 3.8) is 0 Å². The maximum atomic E-state index is 12.6. The smallest absolute Gasteiger partial charge is 0.323 e. The number of carbonyl (C=O) groups is 2. The van der Waals surface area contributed by atoms with Crippen molar-refractivity contribution >= 4 is 23.4 Å². The van der Waals surface area contributed by atoms with E-state index in [1.807, 2.05) is 48.5 Å². The Hall–Kier alpha value is -3.67. The maximum absolute atomic E-state index is 12.6. The highest BCUT2D eigenvalue weighted by molar-refractivity contribution is 6.00. The summed E-state index contributed by atoms with van der Waals surface area (Å²) in [5.41, 5.74) is 9.49. The van der Waals surface area contributed by atoms with Crippen LogP contribution in [0.2, 0.25) is 0 Å². The fourth-order valence-corrected chi connectivity index (χ4v) is 3.51. The van der Waals surface area contributed by atoms with Crippen LogP contribution in [0.3, 0.4) is 0 Å². The van der Waals surface area contributed by atoms with E-state index in [9.17, 15) is 9.59 Å². The number of esters is 1. The molecule has 0 bridgehead atoms. The summed E-state index contributed by atoms with van der Waals surface area (Å²) in [6.45, 7) is 0. The standard InChI is InChI=1S/C22H19N3O3/c23-22(27)25-18-7-3-1-5-16(18)14-20(17-6-2-4-8-19(17)25)28-21(26)13-15-9-11-24-12-10-15/h1-12,20H,13-14H2,(H2,23,27). The lowest BCUT2D eigenvalue weighted by atomic mass is 10.0. The number of fused-ring (bicyclic) bond motifs is 2. The van der Waals surface area contributed by atoms with E-state index < -0.39 is 12.1 Å². The van der Waals surface area contributed by atoms with Gasteiger partial charge in [0, 0.05) is 24.4 Å². The van der Waals surface area contributed by atoms with Gasteiger partial charge in [-0.2, -0.15) is 0 Å². The summed E-state index contributed by atoms with van der Waals surface area (Å²) in [5.74, 6) is -0.337. The third-order valence-electron chi connectivity index (χ3n) is 4.75. The summed E-state index contributed by atoms with van der Waals surface area (Å²) in [6.07, 6.45) is 3.38. The third-order valence-corrected chi connectivity index (χ3v) is 4.75. The number of primary amides is 1. The molecule has 140 valence electrons. The number of rotatable bonds is 3. The summed E-state index contributed by atoms with van der Waals surface area (Å²) >= 11 is 0. The highest BCUT2D eigenvalue weighted by Crippen LogP contribution is 2.41. The number of nitrogens with zero attached hydrogens (tertiary/aromatic N) is 2. The molecule has 2 amide bonds. The van der Waals surface area contributed by atoms with Crippen LogP contribution in [0.4, 0.5) is 16.2 Å². The molecule has 1 unspecified atom stereocenters. The summed E-state index contributed by atoms with van der Waals surface area (Å²) in [7, 11) is 0. The number of ether oxygens (including phenoxy) is 1. The minimum atomic E-state index is -0.580. The van der Waals surface area contributed by atoms with Gasteiger partial charge in [-0.25, -0.2) is 4.79 Å². The molecule has 6 heteroatoms. The molecule has 3 aromatic rings. The fraction of sp³-hybridized carbons (Fsp3) is 0.136. The zero-order chi connectivity index (χ0) is 19.5. The van der Waals surface area contributed by atoms with Crippen molar-refractivity contribution < 1.29 is 14.3 Å². The Labute approximate surface area is 162 Å². The fourth-order valence-electron chi connectivity index (χ4n) is 3.51. The number of hydrogen-bond donors (Lipinski definition) is 1. The van der Waals surface area contributed by atoms with Gasteiger partial charge in [0.1, 0.15) is 6.10 Å². The first-order chi connectivity index (χ1) is 13.6. The summed E-state index contributed by atoms with van der Waals surface area (Å²) in [4.78, 5) is 30.3. The Kier molecular flexibility index (Phi) is 4.76. The Morgan fingerprint density at radius 3 is 2.43 bits per heavy atom.